The summed E-state index contributed by atoms with van der Waals surface area (Å²) in [4.78, 5) is 38.5. The van der Waals surface area contributed by atoms with E-state index in [0.29, 0.717) is 38.5 Å². The molecule has 0 aromatic heterocycles. The molecule has 2 bridgehead atoms. The van der Waals surface area contributed by atoms with Gasteiger partial charge in [-0.05, 0) is 61.7 Å². The number of fused-ring (bicyclic) bond motifs is 7. The summed E-state index contributed by atoms with van der Waals surface area (Å²) >= 11 is 0. The topological polar surface area (TPSA) is 104 Å². The number of nitriles is 1. The fraction of sp³-hybridized carbons (Fsp3) is 0.833. The Morgan fingerprint density at radius 2 is 1.83 bits per heavy atom. The van der Waals surface area contributed by atoms with Crippen molar-refractivity contribution in [2.45, 2.75) is 76.9 Å². The summed E-state index contributed by atoms with van der Waals surface area (Å²) in [6, 6.07) is 2.47. The molecule has 6 nitrogen and oxygen atoms in total. The lowest BCUT2D eigenvalue weighted by atomic mass is 9.39. The van der Waals surface area contributed by atoms with E-state index < -0.39 is 28.5 Å². The molecule has 1 spiro atoms. The van der Waals surface area contributed by atoms with Crippen LogP contribution in [-0.4, -0.2) is 34.3 Å². The number of aliphatic hydroxyl groups is 1. The quantitative estimate of drug-likeness (QED) is 0.485. The zero-order valence-corrected chi connectivity index (χ0v) is 17.6. The molecule has 1 aliphatic heterocycles. The van der Waals surface area contributed by atoms with Gasteiger partial charge in [-0.15, -0.1) is 0 Å². The fourth-order valence-corrected chi connectivity index (χ4v) is 9.73. The summed E-state index contributed by atoms with van der Waals surface area (Å²) in [5.41, 5.74) is -2.44. The highest BCUT2D eigenvalue weighted by Gasteiger charge is 2.79. The number of Topliss-reactive ketones (excluding diaryl/α,β-unsaturated/α-hetero) is 2. The molecule has 10 atom stereocenters. The first-order chi connectivity index (χ1) is 14.1. The number of aliphatic hydroxyl groups excluding tert-OH is 1. The Bertz CT molecular complexity index is 938. The third-order valence-corrected chi connectivity index (χ3v) is 11.0. The van der Waals surface area contributed by atoms with Crippen LogP contribution in [0.5, 0.6) is 0 Å². The molecule has 6 rings (SSSR count). The Labute approximate surface area is 176 Å². The van der Waals surface area contributed by atoms with Gasteiger partial charge < -0.3 is 9.84 Å². The van der Waals surface area contributed by atoms with Gasteiger partial charge >= 0.3 is 5.97 Å². The lowest BCUT2D eigenvalue weighted by Crippen LogP contribution is -2.65. The van der Waals surface area contributed by atoms with Gasteiger partial charge in [-0.25, -0.2) is 0 Å². The zero-order chi connectivity index (χ0) is 21.3. The maximum atomic E-state index is 13.6. The highest BCUT2D eigenvalue weighted by Crippen LogP contribution is 2.76. The molecule has 0 amide bonds. The summed E-state index contributed by atoms with van der Waals surface area (Å²) in [6.07, 6.45) is 3.95. The number of carbonyl (C=O) groups excluding carboxylic acids is 3. The molecule has 0 aromatic rings. The molecule has 0 aromatic carbocycles. The Balaban J connectivity index is 1.52. The van der Waals surface area contributed by atoms with E-state index >= 15 is 0 Å². The number of hydrogen-bond acceptors (Lipinski definition) is 6. The number of rotatable bonds is 0. The summed E-state index contributed by atoms with van der Waals surface area (Å²) < 4.78 is 5.94. The summed E-state index contributed by atoms with van der Waals surface area (Å²) in [7, 11) is 0. The first-order valence-electron chi connectivity index (χ1n) is 11.5. The molecular formula is C24H29NO5. The average molecular weight is 411 g/mol. The van der Waals surface area contributed by atoms with Gasteiger partial charge in [-0.2, -0.15) is 5.26 Å². The first-order valence-corrected chi connectivity index (χ1v) is 11.5. The Morgan fingerprint density at radius 1 is 1.07 bits per heavy atom. The Morgan fingerprint density at radius 3 is 2.50 bits per heavy atom. The third-order valence-electron chi connectivity index (χ3n) is 11.0. The minimum Gasteiger partial charge on any atom is -0.458 e. The highest BCUT2D eigenvalue weighted by atomic mass is 16.6. The Hall–Kier alpha value is -1.74. The molecule has 1 saturated heterocycles. The van der Waals surface area contributed by atoms with Gasteiger partial charge in [-0.3, -0.25) is 14.4 Å². The van der Waals surface area contributed by atoms with Crippen LogP contribution in [0, 0.1) is 57.2 Å². The van der Waals surface area contributed by atoms with Gasteiger partial charge in [-0.1, -0.05) is 13.8 Å². The number of ketones is 2. The van der Waals surface area contributed by atoms with E-state index in [4.69, 9.17) is 4.74 Å². The van der Waals surface area contributed by atoms with Gasteiger partial charge in [0.15, 0.2) is 0 Å². The van der Waals surface area contributed by atoms with E-state index in [0.717, 1.165) is 12.8 Å². The predicted molar refractivity (Wildman–Crippen MR) is 103 cm³/mol. The van der Waals surface area contributed by atoms with Crippen molar-refractivity contribution in [3.05, 3.63) is 0 Å². The normalized spacial score (nSPS) is 58.4. The van der Waals surface area contributed by atoms with E-state index in [-0.39, 0.29) is 46.6 Å². The minimum absolute atomic E-state index is 0.0488. The van der Waals surface area contributed by atoms with E-state index in [1.807, 2.05) is 0 Å². The van der Waals surface area contributed by atoms with E-state index in [1.54, 1.807) is 0 Å². The standard InChI is InChI=1S/C24H29NO5/c1-21-6-4-14(26)19-20(29)12(9-23(19,21)11-25)17-13-3-7-24(8-5-16(28)30-24)22(13,2)10-15(27)18(17)21/h12-13,15,17-19,27H,3-10H2,1-2H3. The first kappa shape index (κ1) is 19.0. The van der Waals surface area contributed by atoms with Crippen LogP contribution in [0.25, 0.3) is 0 Å². The molecule has 5 saturated carbocycles. The van der Waals surface area contributed by atoms with Gasteiger partial charge in [0.25, 0.3) is 0 Å². The van der Waals surface area contributed by atoms with Crippen molar-refractivity contribution >= 4 is 17.5 Å². The minimum atomic E-state index is -0.976. The van der Waals surface area contributed by atoms with Gasteiger partial charge in [0.2, 0.25) is 0 Å². The second-order valence-corrected chi connectivity index (χ2v) is 11.5. The van der Waals surface area contributed by atoms with Crippen molar-refractivity contribution in [2.75, 3.05) is 0 Å². The zero-order valence-electron chi connectivity index (χ0n) is 17.6. The molecule has 6 fully saturated rings. The van der Waals surface area contributed by atoms with Crippen LogP contribution >= 0.6 is 0 Å². The number of nitrogens with zero attached hydrogens (tertiary/aromatic N) is 1. The maximum absolute atomic E-state index is 13.6. The summed E-state index contributed by atoms with van der Waals surface area (Å²) in [5, 5.41) is 21.9. The van der Waals surface area contributed by atoms with Crippen molar-refractivity contribution in [1.29, 1.82) is 5.26 Å². The molecule has 10 unspecified atom stereocenters. The van der Waals surface area contributed by atoms with Crippen LogP contribution in [0.2, 0.25) is 0 Å². The van der Waals surface area contributed by atoms with Crippen molar-refractivity contribution in [1.82, 2.24) is 0 Å². The van der Waals surface area contributed by atoms with Crippen molar-refractivity contribution in [3.8, 4) is 6.07 Å². The summed E-state index contributed by atoms with van der Waals surface area (Å²) in [5.74, 6) is -1.52. The number of carbonyl (C=O) groups is 3. The molecule has 160 valence electrons. The molecule has 6 heteroatoms. The molecule has 30 heavy (non-hydrogen) atoms. The molecule has 6 aliphatic rings. The predicted octanol–water partition coefficient (Wildman–Crippen LogP) is 2.57. The van der Waals surface area contributed by atoms with Crippen LogP contribution in [0.3, 0.4) is 0 Å². The fourth-order valence-electron chi connectivity index (χ4n) is 9.73. The summed E-state index contributed by atoms with van der Waals surface area (Å²) in [6.45, 7) is 4.21. The van der Waals surface area contributed by atoms with E-state index in [9.17, 15) is 24.8 Å². The van der Waals surface area contributed by atoms with E-state index in [2.05, 4.69) is 19.9 Å². The highest BCUT2D eigenvalue weighted by molar-refractivity contribution is 6.07. The average Bonchev–Trinajstić information content (AvgIpc) is 3.31. The van der Waals surface area contributed by atoms with Crippen molar-refractivity contribution in [2.24, 2.45) is 45.8 Å². The smallest absolute Gasteiger partial charge is 0.306 e. The molecular weight excluding hydrogens is 382 g/mol. The SMILES string of the molecule is CC12CC(O)C3C(C4CC5(C#N)C(C(=O)CCC35C)C4=O)C1CCC21CCC(=O)O1. The number of ether oxygens (including phenoxy) is 1. The van der Waals surface area contributed by atoms with Gasteiger partial charge in [0.1, 0.15) is 17.2 Å². The third kappa shape index (κ3) is 1.74. The van der Waals surface area contributed by atoms with Gasteiger partial charge in [0.05, 0.1) is 23.5 Å². The van der Waals surface area contributed by atoms with Crippen molar-refractivity contribution < 1.29 is 24.2 Å². The van der Waals surface area contributed by atoms with Gasteiger partial charge in [0, 0.05) is 24.2 Å². The van der Waals surface area contributed by atoms with Crippen LogP contribution in [0.15, 0.2) is 0 Å². The van der Waals surface area contributed by atoms with Crippen LogP contribution in [0.4, 0.5) is 0 Å². The Kier molecular flexibility index (Phi) is 3.39. The molecule has 1 N–H and O–H groups in total. The number of hydrogen-bond donors (Lipinski definition) is 1. The van der Waals surface area contributed by atoms with Crippen LogP contribution in [-0.2, 0) is 19.1 Å². The van der Waals surface area contributed by atoms with Crippen molar-refractivity contribution in [3.63, 3.8) is 0 Å². The number of esters is 1. The van der Waals surface area contributed by atoms with Crippen LogP contribution < -0.4 is 0 Å². The maximum Gasteiger partial charge on any atom is 0.306 e. The van der Waals surface area contributed by atoms with E-state index in [1.165, 1.54) is 0 Å². The molecule has 5 aliphatic carbocycles. The second-order valence-electron chi connectivity index (χ2n) is 11.5. The lowest BCUT2D eigenvalue weighted by Gasteiger charge is -2.64. The second kappa shape index (κ2) is 5.35. The molecule has 1 heterocycles. The lowest BCUT2D eigenvalue weighted by molar-refractivity contribution is -0.213. The largest absolute Gasteiger partial charge is 0.458 e. The monoisotopic (exact) mass is 411 g/mol. The molecule has 0 radical (unpaired) electrons. The van der Waals surface area contributed by atoms with Crippen LogP contribution in [0.1, 0.15) is 65.2 Å².